The van der Waals surface area contributed by atoms with E-state index in [0.717, 1.165) is 5.56 Å². The van der Waals surface area contributed by atoms with Crippen LogP contribution in [0.2, 0.25) is 5.02 Å². The molecule has 0 fully saturated rings. The smallest absolute Gasteiger partial charge is 0.314 e. The number of carbonyl (C=O) groups excluding carboxylic acids is 1. The van der Waals surface area contributed by atoms with Crippen LogP contribution in [-0.2, 0) is 4.79 Å². The molecule has 0 spiro atoms. The van der Waals surface area contributed by atoms with Gasteiger partial charge in [0.1, 0.15) is 0 Å². The molecule has 1 rings (SSSR count). The highest BCUT2D eigenvalue weighted by atomic mass is 35.5. The summed E-state index contributed by atoms with van der Waals surface area (Å²) < 4.78 is 0. The number of hydrogen-bond donors (Lipinski definition) is 1. The zero-order valence-electron chi connectivity index (χ0n) is 6.02. The Morgan fingerprint density at radius 1 is 1.55 bits per heavy atom. The van der Waals surface area contributed by atoms with Crippen LogP contribution in [0.1, 0.15) is 5.56 Å². The number of benzene rings is 1. The summed E-state index contributed by atoms with van der Waals surface area (Å²) in [5, 5.41) is 3.07. The largest absolute Gasteiger partial charge is 0.317 e. The molecule has 1 amide bonds. The van der Waals surface area contributed by atoms with Gasteiger partial charge in [0.2, 0.25) is 0 Å². The van der Waals surface area contributed by atoms with Crippen molar-refractivity contribution < 1.29 is 4.79 Å². The second-order valence-corrected chi connectivity index (χ2v) is 2.55. The quantitative estimate of drug-likeness (QED) is 0.674. The van der Waals surface area contributed by atoms with E-state index in [1.807, 2.05) is 6.92 Å². The zero-order chi connectivity index (χ0) is 8.27. The van der Waals surface area contributed by atoms with Gasteiger partial charge in [-0.05, 0) is 24.6 Å². The minimum Gasteiger partial charge on any atom is -0.317 e. The summed E-state index contributed by atoms with van der Waals surface area (Å²) in [6, 6.07) is 5.31. The first-order valence-electron chi connectivity index (χ1n) is 3.14. The van der Waals surface area contributed by atoms with Gasteiger partial charge >= 0.3 is 6.41 Å². The van der Waals surface area contributed by atoms with Crippen molar-refractivity contribution in [3.05, 3.63) is 28.8 Å². The van der Waals surface area contributed by atoms with Gasteiger partial charge < -0.3 is 5.32 Å². The third-order valence-electron chi connectivity index (χ3n) is 1.45. The highest BCUT2D eigenvalue weighted by Gasteiger charge is 1.99. The van der Waals surface area contributed by atoms with Crippen molar-refractivity contribution in [3.8, 4) is 0 Å². The van der Waals surface area contributed by atoms with Gasteiger partial charge in [0, 0.05) is 10.7 Å². The topological polar surface area (TPSA) is 29.1 Å². The van der Waals surface area contributed by atoms with E-state index in [1.54, 1.807) is 24.6 Å². The third kappa shape index (κ3) is 1.71. The highest BCUT2D eigenvalue weighted by Crippen LogP contribution is 2.21. The predicted molar refractivity (Wildman–Crippen MR) is 45.5 cm³/mol. The Balaban J connectivity index is 3.05. The summed E-state index contributed by atoms with van der Waals surface area (Å²) in [6.45, 7) is 1.84. The molecular formula is C8H7ClNO. The number of rotatable bonds is 2. The molecule has 0 heterocycles. The molecule has 0 atom stereocenters. The van der Waals surface area contributed by atoms with Crippen molar-refractivity contribution in [2.75, 3.05) is 5.32 Å². The summed E-state index contributed by atoms with van der Waals surface area (Å²) in [6.07, 6.45) is 1.59. The number of nitrogens with one attached hydrogen (secondary N) is 1. The summed E-state index contributed by atoms with van der Waals surface area (Å²) in [5.74, 6) is 0. The lowest BCUT2D eigenvalue weighted by Gasteiger charge is -2.03. The van der Waals surface area contributed by atoms with Crippen molar-refractivity contribution in [2.45, 2.75) is 6.92 Å². The van der Waals surface area contributed by atoms with Gasteiger partial charge in [-0.25, -0.2) is 0 Å². The summed E-state index contributed by atoms with van der Waals surface area (Å²) in [4.78, 5) is 9.96. The summed E-state index contributed by atoms with van der Waals surface area (Å²) in [7, 11) is 0. The fraction of sp³-hybridized carbons (Fsp3) is 0.125. The van der Waals surface area contributed by atoms with Gasteiger partial charge in [-0.2, -0.15) is 0 Å². The van der Waals surface area contributed by atoms with Crippen LogP contribution in [0.5, 0.6) is 0 Å². The molecule has 0 saturated heterocycles. The molecule has 0 aliphatic rings. The minimum absolute atomic E-state index is 0.644. The first-order valence-corrected chi connectivity index (χ1v) is 3.52. The van der Waals surface area contributed by atoms with Crippen molar-refractivity contribution in [2.24, 2.45) is 0 Å². The van der Waals surface area contributed by atoms with Gasteiger partial charge in [-0.1, -0.05) is 17.7 Å². The van der Waals surface area contributed by atoms with Crippen LogP contribution in [0.15, 0.2) is 18.2 Å². The van der Waals surface area contributed by atoms with Crippen LogP contribution in [-0.4, -0.2) is 6.41 Å². The zero-order valence-corrected chi connectivity index (χ0v) is 6.77. The Morgan fingerprint density at radius 2 is 2.27 bits per heavy atom. The van der Waals surface area contributed by atoms with Gasteiger partial charge in [0.25, 0.3) is 0 Å². The average Bonchev–Trinajstić information content (AvgIpc) is 1.99. The van der Waals surface area contributed by atoms with Crippen molar-refractivity contribution in [1.29, 1.82) is 0 Å². The molecule has 0 aliphatic carbocycles. The normalized spacial score (nSPS) is 9.27. The average molecular weight is 169 g/mol. The lowest BCUT2D eigenvalue weighted by molar-refractivity contribution is 0.561. The Bertz CT molecular complexity index is 273. The van der Waals surface area contributed by atoms with Crippen LogP contribution in [0.25, 0.3) is 0 Å². The van der Waals surface area contributed by atoms with Crippen LogP contribution in [0.3, 0.4) is 0 Å². The molecule has 0 aromatic heterocycles. The SMILES string of the molecule is Cc1c(Cl)cccc1N[C]=O. The Labute approximate surface area is 70.2 Å². The van der Waals surface area contributed by atoms with E-state index in [4.69, 9.17) is 11.6 Å². The third-order valence-corrected chi connectivity index (χ3v) is 1.86. The summed E-state index contributed by atoms with van der Waals surface area (Å²) >= 11 is 5.78. The van der Waals surface area contributed by atoms with E-state index < -0.39 is 0 Å². The fourth-order valence-corrected chi connectivity index (χ4v) is 0.972. The van der Waals surface area contributed by atoms with E-state index in [2.05, 4.69) is 5.32 Å². The highest BCUT2D eigenvalue weighted by molar-refractivity contribution is 6.31. The maximum absolute atomic E-state index is 9.96. The van der Waals surface area contributed by atoms with Crippen LogP contribution in [0, 0.1) is 6.92 Å². The van der Waals surface area contributed by atoms with E-state index in [9.17, 15) is 4.79 Å². The number of hydrogen-bond acceptors (Lipinski definition) is 1. The first kappa shape index (κ1) is 8.08. The maximum Gasteiger partial charge on any atom is 0.314 e. The van der Waals surface area contributed by atoms with Gasteiger partial charge in [0.05, 0.1) is 0 Å². The Morgan fingerprint density at radius 3 is 2.91 bits per heavy atom. The molecule has 3 heteroatoms. The molecule has 0 bridgehead atoms. The molecule has 1 aromatic rings. The number of amides is 1. The molecule has 1 aromatic carbocycles. The van der Waals surface area contributed by atoms with E-state index in [0.29, 0.717) is 10.7 Å². The molecule has 57 valence electrons. The van der Waals surface area contributed by atoms with Crippen molar-refractivity contribution >= 4 is 23.7 Å². The molecule has 1 N–H and O–H groups in total. The monoisotopic (exact) mass is 168 g/mol. The lowest BCUT2D eigenvalue weighted by atomic mass is 10.2. The fourth-order valence-electron chi connectivity index (χ4n) is 0.798. The van der Waals surface area contributed by atoms with Gasteiger partial charge in [0.15, 0.2) is 0 Å². The van der Waals surface area contributed by atoms with Crippen LogP contribution in [0.4, 0.5) is 5.69 Å². The predicted octanol–water partition coefficient (Wildman–Crippen LogP) is 2.13. The number of halogens is 1. The van der Waals surface area contributed by atoms with Crippen molar-refractivity contribution in [1.82, 2.24) is 0 Å². The lowest BCUT2D eigenvalue weighted by Crippen LogP contribution is -1.95. The molecule has 2 nitrogen and oxygen atoms in total. The molecular weight excluding hydrogens is 162 g/mol. The first-order chi connectivity index (χ1) is 5.25. The Hall–Kier alpha value is -1.02. The van der Waals surface area contributed by atoms with E-state index in [1.165, 1.54) is 0 Å². The number of anilines is 1. The van der Waals surface area contributed by atoms with Gasteiger partial charge in [-0.3, -0.25) is 4.79 Å². The summed E-state index contributed by atoms with van der Waals surface area (Å²) in [5.41, 5.74) is 1.56. The molecule has 1 radical (unpaired) electrons. The Kier molecular flexibility index (Phi) is 2.49. The van der Waals surface area contributed by atoms with Crippen LogP contribution >= 0.6 is 11.6 Å². The standard InChI is InChI=1S/C8H7ClNO/c1-6-7(9)3-2-4-8(6)10-5-11/h2-4H,1H3,(H,10,11). The van der Waals surface area contributed by atoms with Crippen LogP contribution < -0.4 is 5.32 Å². The van der Waals surface area contributed by atoms with E-state index >= 15 is 0 Å². The second-order valence-electron chi connectivity index (χ2n) is 2.14. The maximum atomic E-state index is 9.96. The molecule has 11 heavy (non-hydrogen) atoms. The molecule has 0 aliphatic heterocycles. The minimum atomic E-state index is 0.644. The van der Waals surface area contributed by atoms with Crippen molar-refractivity contribution in [3.63, 3.8) is 0 Å². The van der Waals surface area contributed by atoms with E-state index in [-0.39, 0.29) is 0 Å². The molecule has 0 saturated carbocycles. The van der Waals surface area contributed by atoms with Gasteiger partial charge in [-0.15, -0.1) is 0 Å². The second kappa shape index (κ2) is 3.39. The molecule has 0 unspecified atom stereocenters.